The molecular weight excluding hydrogens is 240 g/mol. The monoisotopic (exact) mass is 272 g/mol. The molecule has 1 fully saturated rings. The van der Waals surface area contributed by atoms with E-state index in [4.69, 9.17) is 0 Å². The van der Waals surface area contributed by atoms with Gasteiger partial charge in [0, 0.05) is 0 Å². The van der Waals surface area contributed by atoms with Gasteiger partial charge >= 0.3 is 0 Å². The molecule has 0 unspecified atom stereocenters. The molecule has 0 radical (unpaired) electrons. The van der Waals surface area contributed by atoms with E-state index in [2.05, 4.69) is 46.8 Å². The predicted octanol–water partition coefficient (Wildman–Crippen LogP) is 6.14. The molecule has 1 saturated carbocycles. The van der Waals surface area contributed by atoms with Crippen molar-refractivity contribution < 1.29 is 0 Å². The molecule has 0 amide bonds. The average Bonchev–Trinajstić information content (AvgIpc) is 2.37. The molecule has 0 aromatic rings. The number of allylic oxidation sites excluding steroid dienone is 4. The Labute approximate surface area is 125 Å². The molecule has 20 heavy (non-hydrogen) atoms. The number of fused-ring (bicyclic) bond motifs is 3. The fraction of sp³-hybridized carbons (Fsp3) is 0.800. The maximum atomic E-state index is 2.62. The number of rotatable bonds is 1. The van der Waals surface area contributed by atoms with Crippen molar-refractivity contribution in [2.24, 2.45) is 28.6 Å². The van der Waals surface area contributed by atoms with Gasteiger partial charge in [-0.15, -0.1) is 0 Å². The highest BCUT2D eigenvalue weighted by atomic mass is 14.6. The Morgan fingerprint density at radius 1 is 1.15 bits per heavy atom. The first-order chi connectivity index (χ1) is 9.34. The highest BCUT2D eigenvalue weighted by Gasteiger charge is 2.52. The minimum atomic E-state index is 0.539. The lowest BCUT2D eigenvalue weighted by atomic mass is 9.47. The fourth-order valence-corrected chi connectivity index (χ4v) is 5.66. The highest BCUT2D eigenvalue weighted by molar-refractivity contribution is 5.35. The summed E-state index contributed by atoms with van der Waals surface area (Å²) < 4.78 is 0. The summed E-state index contributed by atoms with van der Waals surface area (Å²) in [6.45, 7) is 12.4. The van der Waals surface area contributed by atoms with Gasteiger partial charge in [-0.25, -0.2) is 0 Å². The first-order valence-electron chi connectivity index (χ1n) is 8.75. The molecule has 0 nitrogen and oxygen atoms in total. The molecule has 3 aliphatic carbocycles. The van der Waals surface area contributed by atoms with Crippen LogP contribution >= 0.6 is 0 Å². The quantitative estimate of drug-likeness (QED) is 0.537. The molecule has 0 spiro atoms. The second kappa shape index (κ2) is 4.75. The van der Waals surface area contributed by atoms with Crippen LogP contribution in [-0.2, 0) is 0 Å². The van der Waals surface area contributed by atoms with Crippen molar-refractivity contribution in [2.45, 2.75) is 73.1 Å². The third kappa shape index (κ3) is 2.11. The molecule has 0 aromatic carbocycles. The lowest BCUT2D eigenvalue weighted by Crippen LogP contribution is -2.49. The predicted molar refractivity (Wildman–Crippen MR) is 87.6 cm³/mol. The van der Waals surface area contributed by atoms with Gasteiger partial charge in [0.15, 0.2) is 0 Å². The Morgan fingerprint density at radius 2 is 1.90 bits per heavy atom. The zero-order chi connectivity index (χ0) is 14.5. The van der Waals surface area contributed by atoms with Crippen LogP contribution in [0.5, 0.6) is 0 Å². The van der Waals surface area contributed by atoms with Gasteiger partial charge in [-0.05, 0) is 66.3 Å². The first kappa shape index (κ1) is 14.4. The van der Waals surface area contributed by atoms with E-state index in [0.717, 1.165) is 17.8 Å². The van der Waals surface area contributed by atoms with Gasteiger partial charge in [0.25, 0.3) is 0 Å². The molecule has 0 bridgehead atoms. The second-order valence-electron chi connectivity index (χ2n) is 8.81. The van der Waals surface area contributed by atoms with Crippen LogP contribution in [0, 0.1) is 28.6 Å². The molecule has 0 aliphatic heterocycles. The van der Waals surface area contributed by atoms with Crippen molar-refractivity contribution in [1.82, 2.24) is 0 Å². The zero-order valence-corrected chi connectivity index (χ0v) is 14.1. The summed E-state index contributed by atoms with van der Waals surface area (Å²) in [5.74, 6) is 2.46. The summed E-state index contributed by atoms with van der Waals surface area (Å²) in [7, 11) is 0. The third-order valence-corrected chi connectivity index (χ3v) is 6.88. The maximum absolute atomic E-state index is 2.62. The van der Waals surface area contributed by atoms with E-state index in [1.54, 1.807) is 11.1 Å². The van der Waals surface area contributed by atoms with Gasteiger partial charge in [-0.1, -0.05) is 58.8 Å². The standard InChI is InChI=1S/C20H32/c1-14(2)15-7-9-17-16(13-15)8-10-18-19(3,4)11-6-12-20(17,18)5/h8,13-14,17-18H,6-7,9-12H2,1-5H3/t17-,18-,20+/m1/s1. The van der Waals surface area contributed by atoms with Crippen LogP contribution in [0.1, 0.15) is 73.1 Å². The van der Waals surface area contributed by atoms with Crippen molar-refractivity contribution in [3.05, 3.63) is 23.3 Å². The van der Waals surface area contributed by atoms with Crippen LogP contribution in [0.15, 0.2) is 23.3 Å². The Bertz CT molecular complexity index is 449. The van der Waals surface area contributed by atoms with E-state index in [9.17, 15) is 0 Å². The Kier molecular flexibility index (Phi) is 3.42. The Hall–Kier alpha value is -0.520. The van der Waals surface area contributed by atoms with Crippen molar-refractivity contribution in [2.75, 3.05) is 0 Å². The summed E-state index contributed by atoms with van der Waals surface area (Å²) in [6.07, 6.45) is 13.5. The zero-order valence-electron chi connectivity index (χ0n) is 14.1. The van der Waals surface area contributed by atoms with Gasteiger partial charge in [0.2, 0.25) is 0 Å². The molecule has 3 rings (SSSR count). The molecule has 0 saturated heterocycles. The Balaban J connectivity index is 1.97. The van der Waals surface area contributed by atoms with Gasteiger partial charge in [0.05, 0.1) is 0 Å². The third-order valence-electron chi connectivity index (χ3n) is 6.88. The molecule has 0 heterocycles. The van der Waals surface area contributed by atoms with E-state index in [1.165, 1.54) is 38.5 Å². The molecule has 0 N–H and O–H groups in total. The summed E-state index contributed by atoms with van der Waals surface area (Å²) in [4.78, 5) is 0. The first-order valence-corrected chi connectivity index (χ1v) is 8.75. The van der Waals surface area contributed by atoms with E-state index >= 15 is 0 Å². The van der Waals surface area contributed by atoms with Crippen LogP contribution in [0.2, 0.25) is 0 Å². The van der Waals surface area contributed by atoms with Crippen LogP contribution in [0.3, 0.4) is 0 Å². The van der Waals surface area contributed by atoms with E-state index in [1.807, 2.05) is 0 Å². The topological polar surface area (TPSA) is 0 Å². The molecular formula is C20H32. The lowest BCUT2D eigenvalue weighted by Gasteiger charge is -2.57. The normalized spacial score (nSPS) is 39.7. The van der Waals surface area contributed by atoms with Crippen molar-refractivity contribution in [3.8, 4) is 0 Å². The summed E-state index contributed by atoms with van der Waals surface area (Å²) in [6, 6.07) is 0. The number of hydrogen-bond donors (Lipinski definition) is 0. The van der Waals surface area contributed by atoms with Crippen molar-refractivity contribution in [1.29, 1.82) is 0 Å². The van der Waals surface area contributed by atoms with Crippen LogP contribution in [0.25, 0.3) is 0 Å². The minimum absolute atomic E-state index is 0.539. The SMILES string of the molecule is CC(C)C1=CC2=CC[C@@H]3C(C)(C)CCC[C@@]3(C)[C@@H]2CC1. The highest BCUT2D eigenvalue weighted by Crippen LogP contribution is 2.61. The molecule has 0 heteroatoms. The maximum Gasteiger partial charge on any atom is -0.0105 e. The fourth-order valence-electron chi connectivity index (χ4n) is 5.66. The Morgan fingerprint density at radius 3 is 2.60 bits per heavy atom. The van der Waals surface area contributed by atoms with Gasteiger partial charge in [0.1, 0.15) is 0 Å². The second-order valence-corrected chi connectivity index (χ2v) is 8.81. The van der Waals surface area contributed by atoms with Gasteiger partial charge in [-0.2, -0.15) is 0 Å². The smallest absolute Gasteiger partial charge is 0.0105 e. The molecule has 3 aliphatic rings. The van der Waals surface area contributed by atoms with E-state index in [0.29, 0.717) is 10.8 Å². The van der Waals surface area contributed by atoms with Crippen LogP contribution in [0.4, 0.5) is 0 Å². The van der Waals surface area contributed by atoms with Crippen LogP contribution < -0.4 is 0 Å². The van der Waals surface area contributed by atoms with Gasteiger partial charge < -0.3 is 0 Å². The molecule has 3 atom stereocenters. The lowest BCUT2D eigenvalue weighted by molar-refractivity contribution is -0.0389. The van der Waals surface area contributed by atoms with Crippen molar-refractivity contribution >= 4 is 0 Å². The van der Waals surface area contributed by atoms with Crippen molar-refractivity contribution in [3.63, 3.8) is 0 Å². The summed E-state index contributed by atoms with van der Waals surface area (Å²) in [5.41, 5.74) is 4.48. The van der Waals surface area contributed by atoms with E-state index in [-0.39, 0.29) is 0 Å². The van der Waals surface area contributed by atoms with Crippen LogP contribution in [-0.4, -0.2) is 0 Å². The molecule has 0 aromatic heterocycles. The van der Waals surface area contributed by atoms with E-state index < -0.39 is 0 Å². The number of hydrogen-bond acceptors (Lipinski definition) is 0. The summed E-state index contributed by atoms with van der Waals surface area (Å²) >= 11 is 0. The summed E-state index contributed by atoms with van der Waals surface area (Å²) in [5, 5.41) is 0. The average molecular weight is 272 g/mol. The minimum Gasteiger partial charge on any atom is -0.0807 e. The van der Waals surface area contributed by atoms with Gasteiger partial charge in [-0.3, -0.25) is 0 Å². The molecule has 112 valence electrons. The largest absolute Gasteiger partial charge is 0.0807 e.